The Balaban J connectivity index is 0.00000162. The van der Waals surface area contributed by atoms with E-state index in [4.69, 9.17) is 0 Å². The maximum absolute atomic E-state index is 12.0. The average molecular weight is 307 g/mol. The van der Waals surface area contributed by atoms with Gasteiger partial charge >= 0.3 is 0 Å². The van der Waals surface area contributed by atoms with E-state index in [0.29, 0.717) is 6.54 Å². The maximum Gasteiger partial charge on any atom is 0.227 e. The van der Waals surface area contributed by atoms with Crippen LogP contribution in [-0.4, -0.2) is 10.8 Å². The zero-order chi connectivity index (χ0) is 12.3. The zero-order valence-electron chi connectivity index (χ0n) is 10.4. The topological polar surface area (TPSA) is 33.8 Å². The lowest BCUT2D eigenvalue weighted by Crippen LogP contribution is -3.00. The lowest BCUT2D eigenvalue weighted by molar-refractivity contribution is -0.690. The summed E-state index contributed by atoms with van der Waals surface area (Å²) in [6.07, 6.45) is 3.68. The van der Waals surface area contributed by atoms with E-state index in [1.807, 2.05) is 54.9 Å². The molecule has 0 unspecified atom stereocenters. The molecule has 0 spiro atoms. The molecule has 0 amide bonds. The number of ketones is 1. The van der Waals surface area contributed by atoms with E-state index in [0.717, 1.165) is 17.0 Å². The average Bonchev–Trinajstić information content (AvgIpc) is 2.35. The number of halogens is 1. The summed E-state index contributed by atoms with van der Waals surface area (Å²) in [6, 6.07) is 9.34. The van der Waals surface area contributed by atoms with Crippen molar-refractivity contribution < 1.29 is 26.3 Å². The number of benzene rings is 1. The number of nitrogens with zero attached hydrogens (tertiary/aromatic N) is 2. The van der Waals surface area contributed by atoms with Gasteiger partial charge in [0.05, 0.1) is 6.20 Å². The van der Waals surface area contributed by atoms with Crippen LogP contribution in [0.3, 0.4) is 0 Å². The number of aromatic nitrogens is 2. The van der Waals surface area contributed by atoms with Crippen molar-refractivity contribution in [2.45, 2.75) is 20.4 Å². The maximum atomic E-state index is 12.0. The highest BCUT2D eigenvalue weighted by Gasteiger charge is 2.14. The quantitative estimate of drug-likeness (QED) is 0.531. The Bertz CT molecular complexity index is 541. The molecular formula is C14H15BrN2O. The number of aryl methyl sites for hydroxylation is 2. The molecule has 3 nitrogen and oxygen atoms in total. The zero-order valence-corrected chi connectivity index (χ0v) is 12.0. The van der Waals surface area contributed by atoms with Gasteiger partial charge in [0.1, 0.15) is 5.69 Å². The van der Waals surface area contributed by atoms with Gasteiger partial charge in [0, 0.05) is 12.5 Å². The third-order valence-corrected chi connectivity index (χ3v) is 2.66. The Morgan fingerprint density at radius 2 is 1.89 bits per heavy atom. The first-order valence-corrected chi connectivity index (χ1v) is 5.58. The molecule has 18 heavy (non-hydrogen) atoms. The van der Waals surface area contributed by atoms with Crippen molar-refractivity contribution in [1.29, 1.82) is 0 Å². The second-order valence-corrected chi connectivity index (χ2v) is 4.09. The second kappa shape index (κ2) is 6.40. The molecule has 0 aliphatic rings. The number of hydrogen-bond donors (Lipinski definition) is 0. The van der Waals surface area contributed by atoms with Gasteiger partial charge < -0.3 is 17.0 Å². The summed E-state index contributed by atoms with van der Waals surface area (Å²) < 4.78 is 1.93. The summed E-state index contributed by atoms with van der Waals surface area (Å²) in [7, 11) is 0. The van der Waals surface area contributed by atoms with Crippen LogP contribution in [0.15, 0.2) is 42.7 Å². The molecule has 0 N–H and O–H groups in total. The summed E-state index contributed by atoms with van der Waals surface area (Å²) in [6.45, 7) is 4.23. The van der Waals surface area contributed by atoms with E-state index in [1.165, 1.54) is 0 Å². The minimum atomic E-state index is 0. The summed E-state index contributed by atoms with van der Waals surface area (Å²) >= 11 is 0. The fraction of sp³-hybridized carbons (Fsp3) is 0.214. The summed E-state index contributed by atoms with van der Waals surface area (Å²) in [5.41, 5.74) is 2.64. The van der Waals surface area contributed by atoms with Crippen molar-refractivity contribution >= 4 is 5.78 Å². The molecule has 1 aromatic carbocycles. The fourth-order valence-corrected chi connectivity index (χ4v) is 1.67. The van der Waals surface area contributed by atoms with Crippen LogP contribution in [0.5, 0.6) is 0 Å². The van der Waals surface area contributed by atoms with Crippen molar-refractivity contribution in [1.82, 2.24) is 4.98 Å². The van der Waals surface area contributed by atoms with E-state index in [-0.39, 0.29) is 22.8 Å². The molecular weight excluding hydrogens is 292 g/mol. The van der Waals surface area contributed by atoms with Crippen LogP contribution < -0.4 is 21.5 Å². The van der Waals surface area contributed by atoms with Crippen LogP contribution in [0, 0.1) is 13.8 Å². The minimum Gasteiger partial charge on any atom is -1.00 e. The second-order valence-electron chi connectivity index (χ2n) is 4.09. The van der Waals surface area contributed by atoms with Gasteiger partial charge in [0.2, 0.25) is 12.3 Å². The lowest BCUT2D eigenvalue weighted by Gasteiger charge is -2.01. The van der Waals surface area contributed by atoms with Crippen LogP contribution in [0.2, 0.25) is 0 Å². The molecule has 1 heterocycles. The predicted octanol–water partition coefficient (Wildman–Crippen LogP) is -1.13. The monoisotopic (exact) mass is 306 g/mol. The number of hydrogen-bond acceptors (Lipinski definition) is 2. The van der Waals surface area contributed by atoms with Gasteiger partial charge in [0.15, 0.2) is 11.9 Å². The molecule has 2 rings (SSSR count). The van der Waals surface area contributed by atoms with Gasteiger partial charge in [-0.1, -0.05) is 30.3 Å². The van der Waals surface area contributed by atoms with E-state index in [2.05, 4.69) is 4.98 Å². The van der Waals surface area contributed by atoms with Crippen LogP contribution in [0.4, 0.5) is 0 Å². The molecule has 0 saturated carbocycles. The summed E-state index contributed by atoms with van der Waals surface area (Å²) in [5, 5.41) is 0. The third-order valence-electron chi connectivity index (χ3n) is 2.66. The number of Topliss-reactive ketones (excluding diaryl/α,β-unsaturated/α-hetero) is 1. The largest absolute Gasteiger partial charge is 1.00 e. The van der Waals surface area contributed by atoms with Crippen molar-refractivity contribution in [3.63, 3.8) is 0 Å². The van der Waals surface area contributed by atoms with Crippen LogP contribution in [0.1, 0.15) is 21.7 Å². The Labute approximate surface area is 117 Å². The molecule has 0 aliphatic carbocycles. The highest BCUT2D eigenvalue weighted by molar-refractivity contribution is 5.94. The number of carbonyl (C=O) groups is 1. The number of rotatable bonds is 3. The van der Waals surface area contributed by atoms with Gasteiger partial charge in [-0.15, -0.1) is 0 Å². The van der Waals surface area contributed by atoms with Crippen molar-refractivity contribution in [3.8, 4) is 0 Å². The molecule has 0 saturated heterocycles. The predicted molar refractivity (Wildman–Crippen MR) is 64.7 cm³/mol. The normalized spacial score (nSPS) is 9.67. The van der Waals surface area contributed by atoms with Gasteiger partial charge in [-0.3, -0.25) is 4.79 Å². The molecule has 1 aromatic heterocycles. The Morgan fingerprint density at radius 3 is 2.56 bits per heavy atom. The van der Waals surface area contributed by atoms with Crippen molar-refractivity contribution in [2.24, 2.45) is 0 Å². The summed E-state index contributed by atoms with van der Waals surface area (Å²) in [4.78, 5) is 16.2. The molecule has 0 radical (unpaired) electrons. The first-order chi connectivity index (χ1) is 8.16. The molecule has 0 atom stereocenters. The standard InChI is InChI=1S/C14H15N2O.BrH/c1-11-9-16(12(2)8-15-11)10-14(17)13-6-4-3-5-7-13;/h3-9H,10H2,1-2H3;1H/q+1;/p-1. The van der Waals surface area contributed by atoms with Crippen molar-refractivity contribution in [2.75, 3.05) is 0 Å². The highest BCUT2D eigenvalue weighted by atomic mass is 79.9. The molecule has 0 aliphatic heterocycles. The minimum absolute atomic E-state index is 0. The van der Waals surface area contributed by atoms with Crippen molar-refractivity contribution in [3.05, 3.63) is 59.7 Å². The Morgan fingerprint density at radius 1 is 1.22 bits per heavy atom. The SMILES string of the molecule is Cc1c[n+](CC(=O)c2ccccc2)c(C)cn1.[Br-]. The first-order valence-electron chi connectivity index (χ1n) is 5.58. The first kappa shape index (κ1) is 14.5. The van der Waals surface area contributed by atoms with E-state index in [9.17, 15) is 4.79 Å². The van der Waals surface area contributed by atoms with Gasteiger partial charge in [0.25, 0.3) is 0 Å². The lowest BCUT2D eigenvalue weighted by atomic mass is 10.1. The molecule has 0 bridgehead atoms. The van der Waals surface area contributed by atoms with Gasteiger partial charge in [-0.25, -0.2) is 4.98 Å². The van der Waals surface area contributed by atoms with E-state index >= 15 is 0 Å². The van der Waals surface area contributed by atoms with Crippen LogP contribution in [-0.2, 0) is 6.54 Å². The number of carbonyl (C=O) groups excluding carboxylic acids is 1. The smallest absolute Gasteiger partial charge is 0.227 e. The van der Waals surface area contributed by atoms with E-state index < -0.39 is 0 Å². The Kier molecular flexibility index (Phi) is 5.16. The summed E-state index contributed by atoms with van der Waals surface area (Å²) in [5.74, 6) is 0.115. The van der Waals surface area contributed by atoms with E-state index in [1.54, 1.807) is 6.20 Å². The van der Waals surface area contributed by atoms with Gasteiger partial charge in [-0.05, 0) is 6.92 Å². The highest BCUT2D eigenvalue weighted by Crippen LogP contribution is 2.00. The third kappa shape index (κ3) is 3.47. The van der Waals surface area contributed by atoms with Crippen LogP contribution in [0.25, 0.3) is 0 Å². The molecule has 0 fully saturated rings. The fourth-order valence-electron chi connectivity index (χ4n) is 1.67. The van der Waals surface area contributed by atoms with Crippen LogP contribution >= 0.6 is 0 Å². The molecule has 2 aromatic rings. The molecule has 94 valence electrons. The Hall–Kier alpha value is -1.55. The molecule has 4 heteroatoms. The van der Waals surface area contributed by atoms with Gasteiger partial charge in [-0.2, -0.15) is 4.57 Å².